The van der Waals surface area contributed by atoms with Crippen molar-refractivity contribution in [3.05, 3.63) is 17.2 Å². The van der Waals surface area contributed by atoms with E-state index in [2.05, 4.69) is 19.4 Å². The first kappa shape index (κ1) is 13.7. The van der Waals surface area contributed by atoms with Crippen LogP contribution in [0, 0.1) is 0 Å². The highest BCUT2D eigenvalue weighted by Crippen LogP contribution is 2.30. The second kappa shape index (κ2) is 6.01. The molecule has 3 rings (SSSR count). The third kappa shape index (κ3) is 2.90. The third-order valence-electron chi connectivity index (χ3n) is 3.07. The van der Waals surface area contributed by atoms with E-state index >= 15 is 0 Å². The Labute approximate surface area is 124 Å². The first-order chi connectivity index (χ1) is 9.74. The maximum Gasteiger partial charge on any atom is 0.226 e. The lowest BCUT2D eigenvalue weighted by Crippen LogP contribution is -2.43. The molecular formula is C12H13ClN4O2S. The maximum atomic E-state index is 12.1. The van der Waals surface area contributed by atoms with Gasteiger partial charge in [-0.25, -0.2) is 0 Å². The van der Waals surface area contributed by atoms with Gasteiger partial charge in [-0.2, -0.15) is 8.75 Å². The molecule has 0 bridgehead atoms. The number of ether oxygens (including phenoxy) is 1. The fourth-order valence-corrected chi connectivity index (χ4v) is 2.85. The van der Waals surface area contributed by atoms with Crippen molar-refractivity contribution in [3.63, 3.8) is 0 Å². The highest BCUT2D eigenvalue weighted by Gasteiger charge is 2.19. The molecule has 0 aliphatic carbocycles. The zero-order valence-corrected chi connectivity index (χ0v) is 12.1. The molecule has 1 unspecified atom stereocenters. The first-order valence-corrected chi connectivity index (χ1v) is 7.36. The fraction of sp³-hybridized carbons (Fsp3) is 0.417. The molecule has 0 radical (unpaired) electrons. The van der Waals surface area contributed by atoms with Crippen molar-refractivity contribution >= 4 is 46.0 Å². The van der Waals surface area contributed by atoms with Gasteiger partial charge in [0.1, 0.15) is 11.0 Å². The van der Waals surface area contributed by atoms with Gasteiger partial charge >= 0.3 is 0 Å². The summed E-state index contributed by atoms with van der Waals surface area (Å²) in [6.07, 6.45) is 0.338. The third-order valence-corrected chi connectivity index (χ3v) is 3.93. The number of nitrogens with zero attached hydrogens (tertiary/aromatic N) is 2. The van der Waals surface area contributed by atoms with E-state index in [1.807, 2.05) is 0 Å². The van der Waals surface area contributed by atoms with E-state index in [1.165, 1.54) is 0 Å². The summed E-state index contributed by atoms with van der Waals surface area (Å²) in [4.78, 5) is 12.1. The largest absolute Gasteiger partial charge is 0.378 e. The van der Waals surface area contributed by atoms with Crippen LogP contribution in [0.4, 0.5) is 5.69 Å². The number of rotatable bonds is 3. The van der Waals surface area contributed by atoms with Crippen LogP contribution in [0.3, 0.4) is 0 Å². The number of carbonyl (C=O) groups excluding carboxylic acids is 1. The minimum atomic E-state index is -0.115. The summed E-state index contributed by atoms with van der Waals surface area (Å²) in [6.45, 7) is 2.00. The number of aromatic nitrogens is 2. The van der Waals surface area contributed by atoms with Crippen LogP contribution in [0.1, 0.15) is 6.42 Å². The van der Waals surface area contributed by atoms with Crippen LogP contribution in [0.5, 0.6) is 0 Å². The van der Waals surface area contributed by atoms with Gasteiger partial charge in [-0.1, -0.05) is 11.6 Å². The van der Waals surface area contributed by atoms with Gasteiger partial charge in [0.25, 0.3) is 0 Å². The summed E-state index contributed by atoms with van der Waals surface area (Å²) >= 11 is 7.22. The number of hydrogen-bond donors (Lipinski definition) is 2. The molecule has 2 aromatic rings. The van der Waals surface area contributed by atoms with Gasteiger partial charge in [0.15, 0.2) is 0 Å². The lowest BCUT2D eigenvalue weighted by molar-refractivity contribution is -0.117. The molecule has 2 heterocycles. The van der Waals surface area contributed by atoms with Gasteiger partial charge < -0.3 is 15.4 Å². The van der Waals surface area contributed by atoms with Crippen molar-refractivity contribution in [2.24, 2.45) is 0 Å². The van der Waals surface area contributed by atoms with Gasteiger partial charge in [-0.3, -0.25) is 4.79 Å². The van der Waals surface area contributed by atoms with E-state index in [9.17, 15) is 4.79 Å². The smallest absolute Gasteiger partial charge is 0.226 e. The molecule has 1 aliphatic heterocycles. The van der Waals surface area contributed by atoms with Crippen LogP contribution in [0.15, 0.2) is 12.1 Å². The average molecular weight is 313 g/mol. The van der Waals surface area contributed by atoms with Gasteiger partial charge in [0, 0.05) is 19.0 Å². The van der Waals surface area contributed by atoms with E-state index in [0.29, 0.717) is 35.9 Å². The molecule has 0 spiro atoms. The van der Waals surface area contributed by atoms with E-state index in [4.69, 9.17) is 16.3 Å². The molecule has 1 saturated heterocycles. The average Bonchev–Trinajstić information content (AvgIpc) is 2.92. The highest BCUT2D eigenvalue weighted by molar-refractivity contribution is 7.00. The summed E-state index contributed by atoms with van der Waals surface area (Å²) in [5, 5.41) is 6.53. The van der Waals surface area contributed by atoms with Crippen molar-refractivity contribution in [2.75, 3.05) is 25.1 Å². The molecular weight excluding hydrogens is 300 g/mol. The molecule has 0 saturated carbocycles. The van der Waals surface area contributed by atoms with Crippen molar-refractivity contribution in [1.82, 2.24) is 14.1 Å². The summed E-state index contributed by atoms with van der Waals surface area (Å²) in [5.41, 5.74) is 1.89. The summed E-state index contributed by atoms with van der Waals surface area (Å²) in [5.74, 6) is -0.115. The number of amides is 1. The number of benzene rings is 1. The number of halogens is 1. The minimum Gasteiger partial charge on any atom is -0.378 e. The van der Waals surface area contributed by atoms with Crippen molar-refractivity contribution in [2.45, 2.75) is 12.5 Å². The molecule has 1 aliphatic rings. The van der Waals surface area contributed by atoms with Crippen LogP contribution in [0.25, 0.3) is 11.0 Å². The molecule has 106 valence electrons. The maximum absolute atomic E-state index is 12.1. The van der Waals surface area contributed by atoms with Crippen molar-refractivity contribution in [3.8, 4) is 0 Å². The Morgan fingerprint density at radius 3 is 3.25 bits per heavy atom. The Kier molecular flexibility index (Phi) is 4.11. The molecule has 1 fully saturated rings. The van der Waals surface area contributed by atoms with Crippen LogP contribution < -0.4 is 10.6 Å². The van der Waals surface area contributed by atoms with Gasteiger partial charge in [0.2, 0.25) is 5.91 Å². The Hall–Kier alpha value is -1.28. The molecule has 8 heteroatoms. The molecule has 1 atom stereocenters. The lowest BCUT2D eigenvalue weighted by atomic mass is 10.2. The van der Waals surface area contributed by atoms with Crippen LogP contribution in [0.2, 0.25) is 5.02 Å². The molecule has 2 N–H and O–H groups in total. The van der Waals surface area contributed by atoms with Crippen molar-refractivity contribution < 1.29 is 9.53 Å². The molecule has 6 nitrogen and oxygen atoms in total. The van der Waals surface area contributed by atoms with Crippen molar-refractivity contribution in [1.29, 1.82) is 0 Å². The van der Waals surface area contributed by atoms with Crippen LogP contribution in [-0.2, 0) is 9.53 Å². The Balaban J connectivity index is 1.73. The number of morpholine rings is 1. The fourth-order valence-electron chi connectivity index (χ4n) is 2.11. The van der Waals surface area contributed by atoms with E-state index in [0.717, 1.165) is 23.8 Å². The predicted molar refractivity (Wildman–Crippen MR) is 78.3 cm³/mol. The predicted octanol–water partition coefficient (Wildman–Crippen LogP) is 1.66. The van der Waals surface area contributed by atoms with E-state index < -0.39 is 0 Å². The van der Waals surface area contributed by atoms with Crippen LogP contribution >= 0.6 is 23.3 Å². The van der Waals surface area contributed by atoms with Gasteiger partial charge in [0.05, 0.1) is 35.7 Å². The second-order valence-corrected chi connectivity index (χ2v) is 5.47. The molecule has 1 amide bonds. The molecule has 20 heavy (non-hydrogen) atoms. The van der Waals surface area contributed by atoms with Gasteiger partial charge in [-0.15, -0.1) is 0 Å². The number of hydrogen-bond acceptors (Lipinski definition) is 6. The summed E-state index contributed by atoms with van der Waals surface area (Å²) < 4.78 is 13.6. The minimum absolute atomic E-state index is 0.0373. The number of anilines is 1. The van der Waals surface area contributed by atoms with Crippen LogP contribution in [-0.4, -0.2) is 40.5 Å². The lowest BCUT2D eigenvalue weighted by Gasteiger charge is -2.23. The second-order valence-electron chi connectivity index (χ2n) is 4.53. The van der Waals surface area contributed by atoms with E-state index in [1.54, 1.807) is 12.1 Å². The first-order valence-electron chi connectivity index (χ1n) is 6.26. The van der Waals surface area contributed by atoms with E-state index in [-0.39, 0.29) is 11.9 Å². The van der Waals surface area contributed by atoms with Gasteiger partial charge in [-0.05, 0) is 12.1 Å². The standard InChI is InChI=1S/C12H13ClN4O2S/c13-8-1-2-9-12(17-20-16-9)11(8)15-10(18)5-7-6-19-4-3-14-7/h1-2,7,14H,3-6H2,(H,15,18). The molecule has 1 aromatic heterocycles. The highest BCUT2D eigenvalue weighted by atomic mass is 35.5. The number of carbonyl (C=O) groups is 1. The Morgan fingerprint density at radius 2 is 2.45 bits per heavy atom. The quantitative estimate of drug-likeness (QED) is 0.901. The SMILES string of the molecule is O=C(CC1COCCN1)Nc1c(Cl)ccc2nsnc12. The molecule has 1 aromatic carbocycles. The number of fused-ring (bicyclic) bond motifs is 1. The Morgan fingerprint density at radius 1 is 1.55 bits per heavy atom. The summed E-state index contributed by atoms with van der Waals surface area (Å²) in [6, 6.07) is 3.53. The normalized spacial score (nSPS) is 19.1. The monoisotopic (exact) mass is 312 g/mol. The zero-order valence-electron chi connectivity index (χ0n) is 10.6. The zero-order chi connectivity index (χ0) is 13.9. The topological polar surface area (TPSA) is 76.1 Å². The summed E-state index contributed by atoms with van der Waals surface area (Å²) in [7, 11) is 0. The number of nitrogens with one attached hydrogen (secondary N) is 2. The Bertz CT molecular complexity index is 627.